The van der Waals surface area contributed by atoms with Crippen molar-refractivity contribution in [3.63, 3.8) is 0 Å². The van der Waals surface area contributed by atoms with E-state index in [1.807, 2.05) is 67.0 Å². The Morgan fingerprint density at radius 1 is 0.565 bits per heavy atom. The van der Waals surface area contributed by atoms with E-state index in [-0.39, 0.29) is 0 Å². The van der Waals surface area contributed by atoms with Crippen molar-refractivity contribution in [3.8, 4) is 33.9 Å². The van der Waals surface area contributed by atoms with Crippen LogP contribution in [-0.4, -0.2) is 15.0 Å². The van der Waals surface area contributed by atoms with Crippen LogP contribution >= 0.6 is 0 Å². The van der Waals surface area contributed by atoms with Gasteiger partial charge in [0.25, 0.3) is 0 Å². The first-order valence-corrected chi connectivity index (χ1v) is 7.52. The van der Waals surface area contributed by atoms with Crippen LogP contribution < -0.4 is 0 Å². The van der Waals surface area contributed by atoms with Crippen LogP contribution in [0.5, 0.6) is 0 Å². The summed E-state index contributed by atoms with van der Waals surface area (Å²) in [4.78, 5) is 12.4. The first kappa shape index (κ1) is 13.5. The molecule has 2 aromatic heterocycles. The fourth-order valence-corrected chi connectivity index (χ4v) is 2.54. The SMILES string of the molecule is c1ccc(-c2ccc(-c3cnc(-c4ccccc4)[nH]3)cn2)cc1. The molecule has 2 heterocycles. The van der Waals surface area contributed by atoms with Crippen molar-refractivity contribution in [2.24, 2.45) is 0 Å². The lowest BCUT2D eigenvalue weighted by Gasteiger charge is -2.02. The minimum atomic E-state index is 0.868. The molecule has 0 saturated heterocycles. The van der Waals surface area contributed by atoms with Gasteiger partial charge in [-0.25, -0.2) is 4.98 Å². The van der Waals surface area contributed by atoms with Crippen LogP contribution in [-0.2, 0) is 0 Å². The van der Waals surface area contributed by atoms with Gasteiger partial charge in [0.2, 0.25) is 0 Å². The third-order valence-corrected chi connectivity index (χ3v) is 3.77. The third kappa shape index (κ3) is 2.77. The van der Waals surface area contributed by atoms with Gasteiger partial charge in [-0.1, -0.05) is 60.7 Å². The van der Waals surface area contributed by atoms with Crippen molar-refractivity contribution >= 4 is 0 Å². The molecule has 0 aliphatic heterocycles. The normalized spacial score (nSPS) is 10.6. The quantitative estimate of drug-likeness (QED) is 0.590. The molecule has 0 aliphatic rings. The maximum atomic E-state index is 4.56. The summed E-state index contributed by atoms with van der Waals surface area (Å²) in [5.41, 5.74) is 5.16. The molecular formula is C20H15N3. The summed E-state index contributed by atoms with van der Waals surface area (Å²) < 4.78 is 0. The Bertz CT molecular complexity index is 895. The van der Waals surface area contributed by atoms with Gasteiger partial charge in [-0.2, -0.15) is 0 Å². The van der Waals surface area contributed by atoms with E-state index < -0.39 is 0 Å². The topological polar surface area (TPSA) is 41.6 Å². The van der Waals surface area contributed by atoms with Crippen LogP contribution in [0.1, 0.15) is 0 Å². The molecular weight excluding hydrogens is 282 g/mol. The molecule has 0 amide bonds. The number of imidazole rings is 1. The van der Waals surface area contributed by atoms with Gasteiger partial charge in [0.1, 0.15) is 5.82 Å². The molecule has 4 rings (SSSR count). The lowest BCUT2D eigenvalue weighted by atomic mass is 10.1. The van der Waals surface area contributed by atoms with Crippen LogP contribution in [0.4, 0.5) is 0 Å². The van der Waals surface area contributed by atoms with Crippen LogP contribution in [0.3, 0.4) is 0 Å². The van der Waals surface area contributed by atoms with E-state index in [0.29, 0.717) is 0 Å². The van der Waals surface area contributed by atoms with Crippen LogP contribution in [0.25, 0.3) is 33.9 Å². The zero-order chi connectivity index (χ0) is 15.5. The minimum absolute atomic E-state index is 0.868. The van der Waals surface area contributed by atoms with E-state index in [2.05, 4.69) is 33.2 Å². The molecule has 1 N–H and O–H groups in total. The Kier molecular flexibility index (Phi) is 3.45. The zero-order valence-corrected chi connectivity index (χ0v) is 12.5. The summed E-state index contributed by atoms with van der Waals surface area (Å²) in [5, 5.41) is 0. The Hall–Kier alpha value is -3.20. The van der Waals surface area contributed by atoms with E-state index in [0.717, 1.165) is 33.9 Å². The van der Waals surface area contributed by atoms with E-state index in [1.165, 1.54) is 0 Å². The molecule has 23 heavy (non-hydrogen) atoms. The second kappa shape index (κ2) is 5.89. The number of benzene rings is 2. The van der Waals surface area contributed by atoms with Gasteiger partial charge in [0.05, 0.1) is 17.6 Å². The van der Waals surface area contributed by atoms with Crippen molar-refractivity contribution in [2.75, 3.05) is 0 Å². The molecule has 0 saturated carbocycles. The summed E-state index contributed by atoms with van der Waals surface area (Å²) in [6.45, 7) is 0. The van der Waals surface area contributed by atoms with E-state index in [1.54, 1.807) is 0 Å². The monoisotopic (exact) mass is 297 g/mol. The van der Waals surface area contributed by atoms with Crippen molar-refractivity contribution in [1.29, 1.82) is 0 Å². The summed E-state index contributed by atoms with van der Waals surface area (Å²) in [7, 11) is 0. The van der Waals surface area contributed by atoms with Crippen LogP contribution in [0.15, 0.2) is 85.2 Å². The van der Waals surface area contributed by atoms with Gasteiger partial charge in [0.15, 0.2) is 0 Å². The second-order valence-electron chi connectivity index (χ2n) is 5.31. The largest absolute Gasteiger partial charge is 0.338 e. The molecule has 0 unspecified atom stereocenters. The highest BCUT2D eigenvalue weighted by molar-refractivity contribution is 5.66. The lowest BCUT2D eigenvalue weighted by Crippen LogP contribution is -1.85. The van der Waals surface area contributed by atoms with Crippen molar-refractivity contribution in [3.05, 3.63) is 85.2 Å². The average molecular weight is 297 g/mol. The summed E-state index contributed by atoms with van der Waals surface area (Å²) in [5.74, 6) is 0.868. The number of rotatable bonds is 3. The number of hydrogen-bond donors (Lipinski definition) is 1. The molecule has 0 radical (unpaired) electrons. The van der Waals surface area contributed by atoms with Gasteiger partial charge in [0, 0.05) is 22.9 Å². The summed E-state index contributed by atoms with van der Waals surface area (Å²) >= 11 is 0. The van der Waals surface area contributed by atoms with Crippen molar-refractivity contribution in [2.45, 2.75) is 0 Å². The summed E-state index contributed by atoms with van der Waals surface area (Å²) in [6.07, 6.45) is 3.73. The zero-order valence-electron chi connectivity index (χ0n) is 12.5. The van der Waals surface area contributed by atoms with Crippen LogP contribution in [0, 0.1) is 0 Å². The second-order valence-corrected chi connectivity index (χ2v) is 5.31. The maximum absolute atomic E-state index is 4.56. The standard InChI is InChI=1S/C20H15N3/c1-3-7-15(8-4-1)18-12-11-17(13-21-18)19-14-22-20(23-19)16-9-5-2-6-10-16/h1-14H,(H,22,23). The van der Waals surface area contributed by atoms with Gasteiger partial charge < -0.3 is 4.98 Å². The highest BCUT2D eigenvalue weighted by atomic mass is 14.9. The third-order valence-electron chi connectivity index (χ3n) is 3.77. The molecule has 0 spiro atoms. The Labute approximate surface area is 134 Å². The molecule has 0 bridgehead atoms. The van der Waals surface area contributed by atoms with E-state index >= 15 is 0 Å². The van der Waals surface area contributed by atoms with E-state index in [9.17, 15) is 0 Å². The molecule has 4 aromatic rings. The Balaban J connectivity index is 1.63. The van der Waals surface area contributed by atoms with Gasteiger partial charge >= 0.3 is 0 Å². The van der Waals surface area contributed by atoms with Crippen molar-refractivity contribution in [1.82, 2.24) is 15.0 Å². The molecule has 110 valence electrons. The number of pyridine rings is 1. The number of nitrogens with zero attached hydrogens (tertiary/aromatic N) is 2. The first-order chi connectivity index (χ1) is 11.4. The van der Waals surface area contributed by atoms with Gasteiger partial charge in [-0.15, -0.1) is 0 Å². The fourth-order valence-electron chi connectivity index (χ4n) is 2.54. The predicted molar refractivity (Wildman–Crippen MR) is 92.7 cm³/mol. The highest BCUT2D eigenvalue weighted by Crippen LogP contribution is 2.23. The highest BCUT2D eigenvalue weighted by Gasteiger charge is 2.06. The minimum Gasteiger partial charge on any atom is -0.338 e. The Morgan fingerprint density at radius 3 is 1.91 bits per heavy atom. The lowest BCUT2D eigenvalue weighted by molar-refractivity contribution is 1.29. The van der Waals surface area contributed by atoms with Crippen LogP contribution in [0.2, 0.25) is 0 Å². The molecule has 3 heteroatoms. The molecule has 0 fully saturated rings. The number of aromatic nitrogens is 3. The van der Waals surface area contributed by atoms with Gasteiger partial charge in [-0.3, -0.25) is 4.98 Å². The first-order valence-electron chi connectivity index (χ1n) is 7.52. The smallest absolute Gasteiger partial charge is 0.137 e. The maximum Gasteiger partial charge on any atom is 0.137 e. The Morgan fingerprint density at radius 2 is 1.26 bits per heavy atom. The fraction of sp³-hybridized carbons (Fsp3) is 0. The molecule has 2 aromatic carbocycles. The molecule has 0 aliphatic carbocycles. The average Bonchev–Trinajstić information content (AvgIpc) is 3.14. The molecule has 3 nitrogen and oxygen atoms in total. The summed E-state index contributed by atoms with van der Waals surface area (Å²) in [6, 6.07) is 24.4. The van der Waals surface area contributed by atoms with Gasteiger partial charge in [-0.05, 0) is 12.1 Å². The number of aromatic amines is 1. The number of nitrogens with one attached hydrogen (secondary N) is 1. The van der Waals surface area contributed by atoms with E-state index in [4.69, 9.17) is 0 Å². The number of hydrogen-bond acceptors (Lipinski definition) is 2. The predicted octanol–water partition coefficient (Wildman–Crippen LogP) is 4.81. The number of H-pyrrole nitrogens is 1. The van der Waals surface area contributed by atoms with Crippen molar-refractivity contribution < 1.29 is 0 Å². The molecule has 0 atom stereocenters.